The van der Waals surface area contributed by atoms with Crippen molar-refractivity contribution in [2.24, 2.45) is 0 Å². The smallest absolute Gasteiger partial charge is 0.0547 e. The third-order valence-corrected chi connectivity index (χ3v) is 16.2. The Labute approximate surface area is 419 Å². The van der Waals surface area contributed by atoms with Gasteiger partial charge in [0.2, 0.25) is 0 Å². The number of fused-ring (bicyclic) bond motifs is 9. The lowest BCUT2D eigenvalue weighted by Gasteiger charge is -2.29. The lowest BCUT2D eigenvalue weighted by atomic mass is 9.99. The number of aromatic nitrogens is 1. The first kappa shape index (κ1) is 41.3. The van der Waals surface area contributed by atoms with Gasteiger partial charge in [0.1, 0.15) is 0 Å². The van der Waals surface area contributed by atoms with E-state index >= 15 is 0 Å². The van der Waals surface area contributed by atoms with E-state index < -0.39 is 0 Å². The zero-order chi connectivity index (χ0) is 46.8. The highest BCUT2D eigenvalue weighted by Gasteiger charge is 2.20. The van der Waals surface area contributed by atoms with Crippen LogP contribution in [0, 0.1) is 0 Å². The van der Waals surface area contributed by atoms with E-state index in [1.54, 1.807) is 0 Å². The molecule has 5 heteroatoms. The lowest BCUT2D eigenvalue weighted by molar-refractivity contribution is 1.18. The summed E-state index contributed by atoms with van der Waals surface area (Å²) >= 11 is 3.72. The Balaban J connectivity index is 0.861. The molecule has 0 bridgehead atoms. The number of thiophene rings is 2. The first-order valence-corrected chi connectivity index (χ1v) is 25.7. The highest BCUT2D eigenvalue weighted by Crippen LogP contribution is 2.45. The highest BCUT2D eigenvalue weighted by atomic mass is 32.1. The van der Waals surface area contributed by atoms with Crippen molar-refractivity contribution in [2.45, 2.75) is 0 Å². The van der Waals surface area contributed by atoms with Gasteiger partial charge in [0.25, 0.3) is 0 Å². The first-order chi connectivity index (χ1) is 35.2. The standard InChI is InChI=1S/C66H43N3S2/c1-4-17-48(18-5-1)67(49-19-6-2-7-20-49)52-24-15-25-53(42-52)68(54-33-36-58-57-27-11-13-29-63(57)70-66(58)43-54)51-23-14-16-44(38-51)47-31-35-59-60-39-45(32-37-64(60)71-65(59)41-47)46-30-34-56-55-26-10-12-28-61(55)69(62(56)40-46)50-21-8-3-9-22-50/h1-43H. The largest absolute Gasteiger partial charge is 0.310 e. The van der Waals surface area contributed by atoms with Crippen LogP contribution in [0.5, 0.6) is 0 Å². The summed E-state index contributed by atoms with van der Waals surface area (Å²) in [6.07, 6.45) is 0. The van der Waals surface area contributed by atoms with E-state index in [9.17, 15) is 0 Å². The molecule has 0 aliphatic heterocycles. The average Bonchev–Trinajstić information content (AvgIpc) is 4.11. The zero-order valence-corrected chi connectivity index (χ0v) is 40.1. The predicted octanol–water partition coefficient (Wildman–Crippen LogP) is 19.8. The van der Waals surface area contributed by atoms with Crippen molar-refractivity contribution >= 4 is 119 Å². The summed E-state index contributed by atoms with van der Waals surface area (Å²) < 4.78 is 7.53. The molecule has 334 valence electrons. The quantitative estimate of drug-likeness (QED) is 0.143. The maximum Gasteiger partial charge on any atom is 0.0547 e. The molecule has 0 aliphatic rings. The topological polar surface area (TPSA) is 11.4 Å². The van der Waals surface area contributed by atoms with Gasteiger partial charge in [-0.25, -0.2) is 0 Å². The van der Waals surface area contributed by atoms with Crippen LogP contribution in [0.2, 0.25) is 0 Å². The van der Waals surface area contributed by atoms with Gasteiger partial charge in [-0.2, -0.15) is 0 Å². The summed E-state index contributed by atoms with van der Waals surface area (Å²) in [5.74, 6) is 0. The summed E-state index contributed by atoms with van der Waals surface area (Å²) in [7, 11) is 0. The Bertz CT molecular complexity index is 4260. The van der Waals surface area contributed by atoms with Crippen molar-refractivity contribution in [3.05, 3.63) is 261 Å². The van der Waals surface area contributed by atoms with Gasteiger partial charge in [0, 0.05) is 90.9 Å². The van der Waals surface area contributed by atoms with Gasteiger partial charge < -0.3 is 14.4 Å². The number of rotatable bonds is 9. The van der Waals surface area contributed by atoms with E-state index in [4.69, 9.17) is 0 Å². The summed E-state index contributed by atoms with van der Waals surface area (Å²) in [6, 6.07) is 95.3. The maximum atomic E-state index is 2.42. The SMILES string of the molecule is c1ccc(N(c2ccccc2)c2cccc(N(c3cccc(-c4ccc5c(c4)sc4ccc(-c6ccc7c8ccccc8n(-c8ccccc8)c7c6)cc45)c3)c3ccc4c(c3)sc3ccccc34)c2)cc1. The van der Waals surface area contributed by atoms with Gasteiger partial charge in [0.15, 0.2) is 0 Å². The van der Waals surface area contributed by atoms with Gasteiger partial charge in [-0.15, -0.1) is 22.7 Å². The third kappa shape index (κ3) is 7.17. The van der Waals surface area contributed by atoms with Crippen LogP contribution < -0.4 is 9.80 Å². The van der Waals surface area contributed by atoms with Crippen LogP contribution in [0.1, 0.15) is 0 Å². The fourth-order valence-electron chi connectivity index (χ4n) is 10.6. The molecule has 0 unspecified atom stereocenters. The molecule has 3 aromatic heterocycles. The van der Waals surface area contributed by atoms with Crippen LogP contribution in [0.3, 0.4) is 0 Å². The van der Waals surface area contributed by atoms with Crippen LogP contribution in [0.4, 0.5) is 34.1 Å². The summed E-state index contributed by atoms with van der Waals surface area (Å²) in [5, 5.41) is 7.68. The number of anilines is 6. The molecule has 11 aromatic carbocycles. The van der Waals surface area contributed by atoms with Crippen LogP contribution in [0.25, 0.3) is 90.1 Å². The van der Waals surface area contributed by atoms with E-state index in [0.717, 1.165) is 34.1 Å². The molecule has 3 heterocycles. The minimum Gasteiger partial charge on any atom is -0.310 e. The monoisotopic (exact) mass is 941 g/mol. The van der Waals surface area contributed by atoms with Crippen molar-refractivity contribution in [3.63, 3.8) is 0 Å². The maximum absolute atomic E-state index is 2.42. The summed E-state index contributed by atoms with van der Waals surface area (Å²) in [4.78, 5) is 4.75. The Morgan fingerprint density at radius 3 is 1.46 bits per heavy atom. The fraction of sp³-hybridized carbons (Fsp3) is 0. The Kier molecular flexibility index (Phi) is 9.90. The van der Waals surface area contributed by atoms with E-state index in [1.807, 2.05) is 22.7 Å². The van der Waals surface area contributed by atoms with Crippen LogP contribution in [-0.2, 0) is 0 Å². The number of hydrogen-bond donors (Lipinski definition) is 0. The minimum absolute atomic E-state index is 1.08. The van der Waals surface area contributed by atoms with Crippen LogP contribution >= 0.6 is 22.7 Å². The van der Waals surface area contributed by atoms with Gasteiger partial charge in [-0.1, -0.05) is 146 Å². The molecular weight excluding hydrogens is 899 g/mol. The molecular formula is C66H43N3S2. The predicted molar refractivity (Wildman–Crippen MR) is 307 cm³/mol. The Morgan fingerprint density at radius 1 is 0.239 bits per heavy atom. The second kappa shape index (κ2) is 17.0. The van der Waals surface area contributed by atoms with Gasteiger partial charge in [0.05, 0.1) is 11.0 Å². The molecule has 14 rings (SSSR count). The Hall–Kier alpha value is -8.74. The molecule has 71 heavy (non-hydrogen) atoms. The Morgan fingerprint density at radius 2 is 0.704 bits per heavy atom. The highest BCUT2D eigenvalue weighted by molar-refractivity contribution is 7.26. The van der Waals surface area contributed by atoms with Crippen molar-refractivity contribution in [1.82, 2.24) is 4.57 Å². The number of nitrogens with zero attached hydrogens (tertiary/aromatic N) is 3. The molecule has 14 aromatic rings. The van der Waals surface area contributed by atoms with Gasteiger partial charge in [-0.3, -0.25) is 0 Å². The van der Waals surface area contributed by atoms with Gasteiger partial charge in [-0.05, 0) is 138 Å². The van der Waals surface area contributed by atoms with Crippen molar-refractivity contribution < 1.29 is 0 Å². The molecule has 0 spiro atoms. The number of benzene rings is 11. The molecule has 0 aliphatic carbocycles. The zero-order valence-electron chi connectivity index (χ0n) is 38.5. The summed E-state index contributed by atoms with van der Waals surface area (Å²) in [6.45, 7) is 0. The van der Waals surface area contributed by atoms with Crippen molar-refractivity contribution in [2.75, 3.05) is 9.80 Å². The van der Waals surface area contributed by atoms with E-state index in [-0.39, 0.29) is 0 Å². The molecule has 0 radical (unpaired) electrons. The number of hydrogen-bond acceptors (Lipinski definition) is 4. The van der Waals surface area contributed by atoms with Crippen molar-refractivity contribution in [1.29, 1.82) is 0 Å². The lowest BCUT2D eigenvalue weighted by Crippen LogP contribution is -2.13. The van der Waals surface area contributed by atoms with Crippen LogP contribution in [-0.4, -0.2) is 4.57 Å². The van der Waals surface area contributed by atoms with E-state index in [0.29, 0.717) is 0 Å². The second-order valence-electron chi connectivity index (χ2n) is 18.1. The molecule has 0 N–H and O–H groups in total. The normalized spacial score (nSPS) is 11.7. The summed E-state index contributed by atoms with van der Waals surface area (Å²) in [5.41, 5.74) is 15.0. The fourth-order valence-corrected chi connectivity index (χ4v) is 12.9. The molecule has 0 saturated heterocycles. The van der Waals surface area contributed by atoms with Gasteiger partial charge >= 0.3 is 0 Å². The second-order valence-corrected chi connectivity index (χ2v) is 20.3. The molecule has 0 saturated carbocycles. The first-order valence-electron chi connectivity index (χ1n) is 24.1. The van der Waals surface area contributed by atoms with Crippen molar-refractivity contribution in [3.8, 4) is 27.9 Å². The van der Waals surface area contributed by atoms with Crippen LogP contribution in [0.15, 0.2) is 261 Å². The van der Waals surface area contributed by atoms with E-state index in [1.165, 1.54) is 90.1 Å². The average molecular weight is 942 g/mol. The third-order valence-electron chi connectivity index (χ3n) is 13.9. The molecule has 3 nitrogen and oxygen atoms in total. The molecule has 0 atom stereocenters. The van der Waals surface area contributed by atoms with E-state index in [2.05, 4.69) is 275 Å². The number of para-hydroxylation sites is 4. The molecule has 0 fully saturated rings. The molecule has 0 amide bonds. The minimum atomic E-state index is 1.08.